The number of amides is 1. The molecule has 5 nitrogen and oxygen atoms in total. The minimum Gasteiger partial charge on any atom is -0.467 e. The fourth-order valence-electron chi connectivity index (χ4n) is 1.50. The van der Waals surface area contributed by atoms with Crippen molar-refractivity contribution in [3.05, 3.63) is 35.9 Å². The topological polar surface area (TPSA) is 72.5 Å². The molecule has 0 unspecified atom stereocenters. The Labute approximate surface area is 111 Å². The summed E-state index contributed by atoms with van der Waals surface area (Å²) in [6.07, 6.45) is 0. The fraction of sp³-hybridized carbons (Fsp3) is 0.357. The molecule has 1 rings (SSSR count). The zero-order valence-electron chi connectivity index (χ0n) is 11.2. The Morgan fingerprint density at radius 2 is 1.68 bits per heavy atom. The van der Waals surface area contributed by atoms with Crippen molar-refractivity contribution >= 4 is 17.7 Å². The average molecular weight is 263 g/mol. The first-order chi connectivity index (χ1) is 8.97. The second kappa shape index (κ2) is 6.68. The Hall–Kier alpha value is -2.17. The smallest absolute Gasteiger partial charge is 0.336 e. The molecule has 0 aromatic heterocycles. The molecular formula is C14H17NO4. The number of benzene rings is 1. The van der Waals surface area contributed by atoms with Crippen molar-refractivity contribution in [1.29, 1.82) is 0 Å². The first-order valence-electron chi connectivity index (χ1n) is 5.94. The molecule has 0 bridgehead atoms. The van der Waals surface area contributed by atoms with Crippen molar-refractivity contribution in [2.45, 2.75) is 19.9 Å². The van der Waals surface area contributed by atoms with Crippen LogP contribution in [0.25, 0.3) is 0 Å². The van der Waals surface area contributed by atoms with Gasteiger partial charge in [-0.2, -0.15) is 0 Å². The van der Waals surface area contributed by atoms with Gasteiger partial charge in [0.05, 0.1) is 7.11 Å². The molecule has 0 aliphatic rings. The number of hydrogen-bond acceptors (Lipinski definition) is 4. The van der Waals surface area contributed by atoms with Gasteiger partial charge >= 0.3 is 5.97 Å². The number of esters is 1. The monoisotopic (exact) mass is 263 g/mol. The Balaban J connectivity index is 2.87. The van der Waals surface area contributed by atoms with Crippen LogP contribution in [-0.2, 0) is 14.3 Å². The molecule has 0 saturated carbocycles. The summed E-state index contributed by atoms with van der Waals surface area (Å²) in [7, 11) is 1.18. The first-order valence-corrected chi connectivity index (χ1v) is 5.94. The lowest BCUT2D eigenvalue weighted by Crippen LogP contribution is -2.48. The number of methoxy groups -OCH3 is 1. The number of carbonyl (C=O) groups excluding carboxylic acids is 3. The number of ether oxygens (including phenoxy) is 1. The minimum atomic E-state index is -1.27. The number of rotatable bonds is 5. The Morgan fingerprint density at radius 1 is 1.11 bits per heavy atom. The first kappa shape index (κ1) is 14.9. The highest BCUT2D eigenvalue weighted by molar-refractivity contribution is 6.08. The molecule has 5 heteroatoms. The number of hydrogen-bond donors (Lipinski definition) is 1. The predicted molar refractivity (Wildman–Crippen MR) is 69.6 cm³/mol. The normalized spacial score (nSPS) is 11.8. The maximum absolute atomic E-state index is 11.9. The molecular weight excluding hydrogens is 246 g/mol. The summed E-state index contributed by atoms with van der Waals surface area (Å²) in [6.45, 7) is 3.32. The Bertz CT molecular complexity index is 468. The van der Waals surface area contributed by atoms with E-state index in [0.717, 1.165) is 0 Å². The van der Waals surface area contributed by atoms with E-state index >= 15 is 0 Å². The van der Waals surface area contributed by atoms with Crippen LogP contribution in [0.2, 0.25) is 0 Å². The van der Waals surface area contributed by atoms with Crippen LogP contribution in [0.5, 0.6) is 0 Å². The molecule has 19 heavy (non-hydrogen) atoms. The molecule has 0 spiro atoms. The van der Waals surface area contributed by atoms with Gasteiger partial charge in [-0.15, -0.1) is 0 Å². The molecule has 0 heterocycles. The largest absolute Gasteiger partial charge is 0.467 e. The van der Waals surface area contributed by atoms with E-state index in [1.54, 1.807) is 44.2 Å². The molecule has 0 saturated heterocycles. The summed E-state index contributed by atoms with van der Waals surface area (Å²) in [5.41, 5.74) is 0.382. The lowest BCUT2D eigenvalue weighted by atomic mass is 10.0. The molecule has 1 aromatic rings. The van der Waals surface area contributed by atoms with Gasteiger partial charge in [0.2, 0.25) is 0 Å². The molecule has 0 fully saturated rings. The Morgan fingerprint density at radius 3 is 2.16 bits per heavy atom. The van der Waals surface area contributed by atoms with Crippen LogP contribution in [0.15, 0.2) is 30.3 Å². The molecule has 1 amide bonds. The minimum absolute atomic E-state index is 0.375. The lowest BCUT2D eigenvalue weighted by Gasteiger charge is -2.17. The summed E-state index contributed by atoms with van der Waals surface area (Å²) in [6, 6.07) is 7.11. The van der Waals surface area contributed by atoms with Crippen LogP contribution >= 0.6 is 0 Å². The van der Waals surface area contributed by atoms with Crippen molar-refractivity contribution in [1.82, 2.24) is 5.32 Å². The van der Waals surface area contributed by atoms with Crippen LogP contribution in [0, 0.1) is 5.92 Å². The van der Waals surface area contributed by atoms with Crippen molar-refractivity contribution < 1.29 is 19.1 Å². The van der Waals surface area contributed by atoms with Crippen LogP contribution in [0.4, 0.5) is 0 Å². The van der Waals surface area contributed by atoms with Gasteiger partial charge in [-0.1, -0.05) is 32.0 Å². The van der Waals surface area contributed by atoms with Crippen molar-refractivity contribution in [3.63, 3.8) is 0 Å². The van der Waals surface area contributed by atoms with Gasteiger partial charge in [-0.05, 0) is 12.1 Å². The molecule has 0 aliphatic carbocycles. The molecule has 1 atom stereocenters. The summed E-state index contributed by atoms with van der Waals surface area (Å²) in [4.78, 5) is 35.4. The molecule has 1 N–H and O–H groups in total. The highest BCUT2D eigenvalue weighted by Crippen LogP contribution is 2.04. The van der Waals surface area contributed by atoms with Gasteiger partial charge in [-0.25, -0.2) is 4.79 Å². The summed E-state index contributed by atoms with van der Waals surface area (Å²) >= 11 is 0. The zero-order chi connectivity index (χ0) is 14.4. The maximum Gasteiger partial charge on any atom is 0.336 e. The number of Topliss-reactive ketones (excluding diaryl/α,β-unsaturated/α-hetero) is 1. The second-order valence-corrected chi connectivity index (χ2v) is 4.35. The van der Waals surface area contributed by atoms with E-state index in [2.05, 4.69) is 10.1 Å². The van der Waals surface area contributed by atoms with Gasteiger partial charge in [0.1, 0.15) is 0 Å². The van der Waals surface area contributed by atoms with Crippen LogP contribution in [0.3, 0.4) is 0 Å². The van der Waals surface area contributed by atoms with Gasteiger partial charge < -0.3 is 10.1 Å². The quantitative estimate of drug-likeness (QED) is 0.639. The molecule has 1 aromatic carbocycles. The predicted octanol–water partition coefficient (Wildman–Crippen LogP) is 1.18. The van der Waals surface area contributed by atoms with Crippen molar-refractivity contribution in [2.24, 2.45) is 5.92 Å². The van der Waals surface area contributed by atoms with Gasteiger partial charge in [0, 0.05) is 11.5 Å². The van der Waals surface area contributed by atoms with Crippen molar-refractivity contribution in [2.75, 3.05) is 7.11 Å². The SMILES string of the molecule is COC(=O)[C@@H](NC(=O)c1ccccc1)C(=O)C(C)C. The van der Waals surface area contributed by atoms with Gasteiger partial charge in [-0.3, -0.25) is 9.59 Å². The highest BCUT2D eigenvalue weighted by atomic mass is 16.5. The Kier molecular flexibility index (Phi) is 5.23. The van der Waals surface area contributed by atoms with E-state index in [4.69, 9.17) is 0 Å². The van der Waals surface area contributed by atoms with Gasteiger partial charge in [0.25, 0.3) is 5.91 Å². The maximum atomic E-state index is 11.9. The lowest BCUT2D eigenvalue weighted by molar-refractivity contribution is -0.147. The highest BCUT2D eigenvalue weighted by Gasteiger charge is 2.31. The van der Waals surface area contributed by atoms with E-state index in [1.165, 1.54) is 7.11 Å². The molecule has 102 valence electrons. The van der Waals surface area contributed by atoms with Crippen molar-refractivity contribution in [3.8, 4) is 0 Å². The molecule has 0 radical (unpaired) electrons. The number of nitrogens with one attached hydrogen (secondary N) is 1. The van der Waals surface area contributed by atoms with E-state index in [-0.39, 0.29) is 11.7 Å². The third kappa shape index (κ3) is 3.91. The van der Waals surface area contributed by atoms with Crippen LogP contribution in [0.1, 0.15) is 24.2 Å². The summed E-state index contributed by atoms with van der Waals surface area (Å²) in [5, 5.41) is 2.40. The van der Waals surface area contributed by atoms with E-state index in [0.29, 0.717) is 5.56 Å². The van der Waals surface area contributed by atoms with Gasteiger partial charge in [0.15, 0.2) is 11.8 Å². The standard InChI is InChI=1S/C14H17NO4/c1-9(2)12(16)11(14(18)19-3)15-13(17)10-7-5-4-6-8-10/h4-9,11H,1-3H3,(H,15,17)/t11-/m0/s1. The summed E-state index contributed by atoms with van der Waals surface area (Å²) in [5.74, 6) is -2.00. The van der Waals surface area contributed by atoms with E-state index < -0.39 is 17.9 Å². The third-order valence-corrected chi connectivity index (χ3v) is 2.60. The average Bonchev–Trinajstić information content (AvgIpc) is 2.43. The molecule has 0 aliphatic heterocycles. The summed E-state index contributed by atoms with van der Waals surface area (Å²) < 4.78 is 4.55. The van der Waals surface area contributed by atoms with Crippen LogP contribution in [-0.4, -0.2) is 30.8 Å². The van der Waals surface area contributed by atoms with Crippen LogP contribution < -0.4 is 5.32 Å². The second-order valence-electron chi connectivity index (χ2n) is 4.35. The van der Waals surface area contributed by atoms with E-state index in [9.17, 15) is 14.4 Å². The van der Waals surface area contributed by atoms with E-state index in [1.807, 2.05) is 0 Å². The number of ketones is 1. The third-order valence-electron chi connectivity index (χ3n) is 2.60. The number of carbonyl (C=O) groups is 3. The fourth-order valence-corrected chi connectivity index (χ4v) is 1.50. The zero-order valence-corrected chi connectivity index (χ0v) is 11.2.